The average Bonchev–Trinajstić information content (AvgIpc) is 2.54. The fourth-order valence-corrected chi connectivity index (χ4v) is 2.00. The molecule has 22 heavy (non-hydrogen) atoms. The van der Waals surface area contributed by atoms with Gasteiger partial charge in [-0.15, -0.1) is 0 Å². The maximum atomic E-state index is 11.8. The summed E-state index contributed by atoms with van der Waals surface area (Å²) in [5.74, 6) is 1.19. The van der Waals surface area contributed by atoms with E-state index >= 15 is 0 Å². The van der Waals surface area contributed by atoms with Gasteiger partial charge in [-0.05, 0) is 37.3 Å². The van der Waals surface area contributed by atoms with Gasteiger partial charge in [-0.1, -0.05) is 29.8 Å². The zero-order chi connectivity index (χ0) is 15.8. The predicted octanol–water partition coefficient (Wildman–Crippen LogP) is 3.43. The third-order valence-corrected chi connectivity index (χ3v) is 3.18. The van der Waals surface area contributed by atoms with Crippen molar-refractivity contribution in [2.24, 2.45) is 0 Å². The average molecular weight is 320 g/mol. The van der Waals surface area contributed by atoms with Crippen LogP contribution in [0.4, 0.5) is 0 Å². The van der Waals surface area contributed by atoms with Crippen molar-refractivity contribution in [1.82, 2.24) is 5.32 Å². The second-order valence-electron chi connectivity index (χ2n) is 4.56. The molecule has 4 nitrogen and oxygen atoms in total. The zero-order valence-electron chi connectivity index (χ0n) is 12.3. The maximum Gasteiger partial charge on any atom is 0.258 e. The van der Waals surface area contributed by atoms with Crippen LogP contribution in [0.3, 0.4) is 0 Å². The number of nitrogens with one attached hydrogen (secondary N) is 1. The molecule has 0 fully saturated rings. The molecule has 116 valence electrons. The largest absolute Gasteiger partial charge is 0.494 e. The molecule has 0 unspecified atom stereocenters. The van der Waals surface area contributed by atoms with Crippen molar-refractivity contribution in [3.63, 3.8) is 0 Å². The van der Waals surface area contributed by atoms with E-state index in [1.165, 1.54) is 0 Å². The Balaban J connectivity index is 1.81. The topological polar surface area (TPSA) is 47.6 Å². The Hall–Kier alpha value is -2.20. The van der Waals surface area contributed by atoms with E-state index in [0.717, 1.165) is 11.3 Å². The molecule has 5 heteroatoms. The lowest BCUT2D eigenvalue weighted by molar-refractivity contribution is -0.123. The first-order valence-electron chi connectivity index (χ1n) is 7.05. The van der Waals surface area contributed by atoms with E-state index < -0.39 is 0 Å². The molecule has 1 N–H and O–H groups in total. The Morgan fingerprint density at radius 1 is 1.09 bits per heavy atom. The highest BCUT2D eigenvalue weighted by atomic mass is 35.5. The van der Waals surface area contributed by atoms with Gasteiger partial charge in [0.15, 0.2) is 6.61 Å². The summed E-state index contributed by atoms with van der Waals surface area (Å²) >= 11 is 5.79. The van der Waals surface area contributed by atoms with Gasteiger partial charge in [0.05, 0.1) is 6.61 Å². The Labute approximate surface area is 135 Å². The van der Waals surface area contributed by atoms with Gasteiger partial charge >= 0.3 is 0 Å². The standard InChI is InChI=1S/C17H18ClNO3/c1-2-21-16-6-4-3-5-13(16)11-19-17(20)12-22-15-9-7-14(18)8-10-15/h3-10H,2,11-12H2,1H3,(H,19,20). The number of carbonyl (C=O) groups is 1. The minimum atomic E-state index is -0.193. The van der Waals surface area contributed by atoms with Crippen LogP contribution in [0.25, 0.3) is 0 Å². The van der Waals surface area contributed by atoms with Crippen LogP contribution in [0, 0.1) is 0 Å². The highest BCUT2D eigenvalue weighted by Crippen LogP contribution is 2.18. The van der Waals surface area contributed by atoms with Crippen LogP contribution < -0.4 is 14.8 Å². The normalized spacial score (nSPS) is 10.1. The highest BCUT2D eigenvalue weighted by molar-refractivity contribution is 6.30. The fourth-order valence-electron chi connectivity index (χ4n) is 1.87. The molecule has 0 heterocycles. The number of carbonyl (C=O) groups excluding carboxylic acids is 1. The van der Waals surface area contributed by atoms with E-state index in [9.17, 15) is 4.79 Å². The molecule has 2 rings (SSSR count). The summed E-state index contributed by atoms with van der Waals surface area (Å²) in [5.41, 5.74) is 0.934. The first-order valence-corrected chi connectivity index (χ1v) is 7.42. The third kappa shape index (κ3) is 4.97. The Morgan fingerprint density at radius 2 is 1.82 bits per heavy atom. The molecule has 2 aromatic carbocycles. The Kier molecular flexibility index (Phi) is 6.10. The maximum absolute atomic E-state index is 11.8. The smallest absolute Gasteiger partial charge is 0.258 e. The molecule has 0 atom stereocenters. The summed E-state index contributed by atoms with van der Waals surface area (Å²) in [6, 6.07) is 14.5. The molecule has 1 amide bonds. The van der Waals surface area contributed by atoms with Crippen LogP contribution in [0.2, 0.25) is 5.02 Å². The second kappa shape index (κ2) is 8.29. The predicted molar refractivity (Wildman–Crippen MR) is 86.4 cm³/mol. The van der Waals surface area contributed by atoms with E-state index in [1.807, 2.05) is 31.2 Å². The second-order valence-corrected chi connectivity index (χ2v) is 5.00. The number of benzene rings is 2. The summed E-state index contributed by atoms with van der Waals surface area (Å²) in [5, 5.41) is 3.44. The molecule has 0 radical (unpaired) electrons. The molecule has 0 spiro atoms. The monoisotopic (exact) mass is 319 g/mol. The Bertz CT molecular complexity index is 614. The molecule has 0 aliphatic heterocycles. The van der Waals surface area contributed by atoms with Crippen molar-refractivity contribution in [2.75, 3.05) is 13.2 Å². The van der Waals surface area contributed by atoms with Crippen LogP contribution in [0.15, 0.2) is 48.5 Å². The van der Waals surface area contributed by atoms with E-state index in [1.54, 1.807) is 24.3 Å². The number of hydrogen-bond donors (Lipinski definition) is 1. The number of amides is 1. The SMILES string of the molecule is CCOc1ccccc1CNC(=O)COc1ccc(Cl)cc1. The van der Waals surface area contributed by atoms with Crippen LogP contribution in [0.5, 0.6) is 11.5 Å². The van der Waals surface area contributed by atoms with Gasteiger partial charge in [-0.3, -0.25) is 4.79 Å². The van der Waals surface area contributed by atoms with Crippen molar-refractivity contribution in [3.8, 4) is 11.5 Å². The molecule has 0 saturated heterocycles. The lowest BCUT2D eigenvalue weighted by Gasteiger charge is -2.11. The fraction of sp³-hybridized carbons (Fsp3) is 0.235. The molecule has 0 saturated carbocycles. The van der Waals surface area contributed by atoms with E-state index in [-0.39, 0.29) is 12.5 Å². The van der Waals surface area contributed by atoms with E-state index in [0.29, 0.717) is 23.9 Å². The summed E-state index contributed by atoms with van der Waals surface area (Å²) in [6.45, 7) is 2.87. The van der Waals surface area contributed by atoms with Gasteiger partial charge in [0.2, 0.25) is 0 Å². The minimum absolute atomic E-state index is 0.0432. The number of para-hydroxylation sites is 1. The molecule has 0 aliphatic rings. The van der Waals surface area contributed by atoms with Crippen molar-refractivity contribution in [2.45, 2.75) is 13.5 Å². The first kappa shape index (κ1) is 16.2. The van der Waals surface area contributed by atoms with Gasteiger partial charge in [-0.25, -0.2) is 0 Å². The third-order valence-electron chi connectivity index (χ3n) is 2.93. The molecule has 2 aromatic rings. The lowest BCUT2D eigenvalue weighted by Crippen LogP contribution is -2.28. The minimum Gasteiger partial charge on any atom is -0.494 e. The van der Waals surface area contributed by atoms with Gasteiger partial charge in [0, 0.05) is 17.1 Å². The molecule has 0 aliphatic carbocycles. The van der Waals surface area contributed by atoms with Gasteiger partial charge in [-0.2, -0.15) is 0 Å². The van der Waals surface area contributed by atoms with Crippen molar-refractivity contribution < 1.29 is 14.3 Å². The molecule has 0 bridgehead atoms. The number of ether oxygens (including phenoxy) is 2. The number of hydrogen-bond acceptors (Lipinski definition) is 3. The van der Waals surface area contributed by atoms with Crippen LogP contribution >= 0.6 is 11.6 Å². The van der Waals surface area contributed by atoms with Gasteiger partial charge < -0.3 is 14.8 Å². The quantitative estimate of drug-likeness (QED) is 0.850. The highest BCUT2D eigenvalue weighted by Gasteiger charge is 2.06. The van der Waals surface area contributed by atoms with Gasteiger partial charge in [0.1, 0.15) is 11.5 Å². The lowest BCUT2D eigenvalue weighted by atomic mass is 10.2. The summed E-state index contributed by atoms with van der Waals surface area (Å²) in [7, 11) is 0. The van der Waals surface area contributed by atoms with E-state index in [2.05, 4.69) is 5.32 Å². The number of halogens is 1. The molecule has 0 aromatic heterocycles. The van der Waals surface area contributed by atoms with Crippen LogP contribution in [-0.2, 0) is 11.3 Å². The van der Waals surface area contributed by atoms with Gasteiger partial charge in [0.25, 0.3) is 5.91 Å². The first-order chi connectivity index (χ1) is 10.7. The summed E-state index contributed by atoms with van der Waals surface area (Å²) < 4.78 is 10.9. The number of rotatable bonds is 7. The summed E-state index contributed by atoms with van der Waals surface area (Å²) in [4.78, 5) is 11.8. The van der Waals surface area contributed by atoms with Crippen LogP contribution in [0.1, 0.15) is 12.5 Å². The summed E-state index contributed by atoms with van der Waals surface area (Å²) in [6.07, 6.45) is 0. The van der Waals surface area contributed by atoms with E-state index in [4.69, 9.17) is 21.1 Å². The van der Waals surface area contributed by atoms with Crippen LogP contribution in [-0.4, -0.2) is 19.1 Å². The van der Waals surface area contributed by atoms with Crippen molar-refractivity contribution in [3.05, 3.63) is 59.1 Å². The zero-order valence-corrected chi connectivity index (χ0v) is 13.1. The van der Waals surface area contributed by atoms with Crippen molar-refractivity contribution >= 4 is 17.5 Å². The van der Waals surface area contributed by atoms with Crippen molar-refractivity contribution in [1.29, 1.82) is 0 Å². The Morgan fingerprint density at radius 3 is 2.55 bits per heavy atom. The molecular weight excluding hydrogens is 302 g/mol. The molecular formula is C17H18ClNO3.